The third-order valence-electron chi connectivity index (χ3n) is 5.47. The van der Waals surface area contributed by atoms with Gasteiger partial charge in [0.1, 0.15) is 0 Å². The van der Waals surface area contributed by atoms with E-state index < -0.39 is 5.60 Å². The molecule has 0 unspecified atom stereocenters. The van der Waals surface area contributed by atoms with Crippen molar-refractivity contribution in [3.63, 3.8) is 0 Å². The zero-order chi connectivity index (χ0) is 20.1. The molecule has 0 radical (unpaired) electrons. The van der Waals surface area contributed by atoms with Crippen molar-refractivity contribution in [1.82, 2.24) is 14.5 Å². The van der Waals surface area contributed by atoms with Gasteiger partial charge in [-0.2, -0.15) is 0 Å². The van der Waals surface area contributed by atoms with E-state index in [4.69, 9.17) is 0 Å². The molecule has 0 saturated carbocycles. The maximum absolute atomic E-state index is 12.5. The highest BCUT2D eigenvalue weighted by atomic mass is 16.3. The zero-order valence-corrected chi connectivity index (χ0v) is 16.7. The van der Waals surface area contributed by atoms with Crippen LogP contribution in [0.2, 0.25) is 0 Å². The van der Waals surface area contributed by atoms with Gasteiger partial charge in [-0.1, -0.05) is 44.2 Å². The van der Waals surface area contributed by atoms with E-state index in [1.807, 2.05) is 49.1 Å². The molecule has 3 rings (SSSR count). The Kier molecular flexibility index (Phi) is 6.29. The van der Waals surface area contributed by atoms with Crippen molar-refractivity contribution in [1.29, 1.82) is 0 Å². The predicted octanol–water partition coefficient (Wildman–Crippen LogP) is 2.35. The Hall–Kier alpha value is -2.47. The van der Waals surface area contributed by atoms with Crippen LogP contribution in [0, 0.1) is 0 Å². The van der Waals surface area contributed by atoms with Crippen LogP contribution in [0.15, 0.2) is 47.5 Å². The normalized spacial score (nSPS) is 16.4. The summed E-state index contributed by atoms with van der Waals surface area (Å²) in [6.45, 7) is 5.21. The van der Waals surface area contributed by atoms with Gasteiger partial charge in [-0.25, -0.2) is 4.98 Å². The fraction of sp³-hybridized carbons (Fsp3) is 0.500. The topological polar surface area (TPSA) is 75.4 Å². The van der Waals surface area contributed by atoms with Gasteiger partial charge in [0.2, 0.25) is 5.91 Å². The summed E-state index contributed by atoms with van der Waals surface area (Å²) in [5.74, 6) is 0.307. The van der Waals surface area contributed by atoms with Crippen LogP contribution in [0.3, 0.4) is 0 Å². The number of hydrogen-bond donors (Lipinski definition) is 1. The van der Waals surface area contributed by atoms with Crippen LogP contribution in [-0.4, -0.2) is 44.2 Å². The molecule has 0 spiro atoms. The van der Waals surface area contributed by atoms with E-state index in [-0.39, 0.29) is 23.9 Å². The molecule has 2 heterocycles. The molecule has 6 nitrogen and oxygen atoms in total. The van der Waals surface area contributed by atoms with Crippen LogP contribution < -0.4 is 5.56 Å². The number of nitrogens with zero attached hydrogens (tertiary/aromatic N) is 3. The van der Waals surface area contributed by atoms with Crippen molar-refractivity contribution in [2.45, 2.75) is 57.6 Å². The first-order valence-corrected chi connectivity index (χ1v) is 9.97. The summed E-state index contributed by atoms with van der Waals surface area (Å²) in [6, 6.07) is 11.5. The van der Waals surface area contributed by atoms with Gasteiger partial charge in [-0.3, -0.25) is 14.2 Å². The van der Waals surface area contributed by atoms with E-state index in [0.29, 0.717) is 32.4 Å². The quantitative estimate of drug-likeness (QED) is 0.831. The number of carbonyl (C=O) groups is 1. The number of benzene rings is 1. The number of carbonyl (C=O) groups excluding carboxylic acids is 1. The molecule has 1 aromatic carbocycles. The Morgan fingerprint density at radius 3 is 2.50 bits per heavy atom. The van der Waals surface area contributed by atoms with Gasteiger partial charge >= 0.3 is 0 Å². The van der Waals surface area contributed by atoms with Gasteiger partial charge in [0.15, 0.2) is 0 Å². The Morgan fingerprint density at radius 1 is 1.21 bits per heavy atom. The van der Waals surface area contributed by atoms with Crippen molar-refractivity contribution in [3.05, 3.63) is 64.3 Å². The lowest BCUT2D eigenvalue weighted by Crippen LogP contribution is -2.49. The largest absolute Gasteiger partial charge is 0.388 e. The molecule has 28 heavy (non-hydrogen) atoms. The van der Waals surface area contributed by atoms with Crippen LogP contribution in [-0.2, 0) is 17.8 Å². The summed E-state index contributed by atoms with van der Waals surface area (Å²) in [7, 11) is 0. The van der Waals surface area contributed by atoms with Gasteiger partial charge in [0.05, 0.1) is 24.2 Å². The van der Waals surface area contributed by atoms with Crippen LogP contribution in [0.5, 0.6) is 0 Å². The Bertz CT molecular complexity index is 853. The fourth-order valence-corrected chi connectivity index (χ4v) is 3.58. The molecular formula is C22H29N3O3. The Labute approximate surface area is 165 Å². The van der Waals surface area contributed by atoms with E-state index in [0.717, 1.165) is 17.7 Å². The van der Waals surface area contributed by atoms with E-state index in [9.17, 15) is 14.7 Å². The minimum absolute atomic E-state index is 0.117. The lowest BCUT2D eigenvalue weighted by Gasteiger charge is -2.38. The first-order chi connectivity index (χ1) is 13.4. The number of aromatic nitrogens is 2. The molecule has 0 atom stereocenters. The van der Waals surface area contributed by atoms with E-state index in [2.05, 4.69) is 4.98 Å². The third-order valence-corrected chi connectivity index (χ3v) is 5.47. The monoisotopic (exact) mass is 383 g/mol. The predicted molar refractivity (Wildman–Crippen MR) is 108 cm³/mol. The highest BCUT2D eigenvalue weighted by molar-refractivity contribution is 5.76. The average Bonchev–Trinajstić information content (AvgIpc) is 2.69. The summed E-state index contributed by atoms with van der Waals surface area (Å²) < 4.78 is 1.47. The lowest BCUT2D eigenvalue weighted by molar-refractivity contribution is -0.135. The van der Waals surface area contributed by atoms with Crippen molar-refractivity contribution >= 4 is 5.91 Å². The van der Waals surface area contributed by atoms with Gasteiger partial charge in [0, 0.05) is 25.6 Å². The minimum Gasteiger partial charge on any atom is -0.388 e. The highest BCUT2D eigenvalue weighted by Gasteiger charge is 2.34. The molecular weight excluding hydrogens is 354 g/mol. The van der Waals surface area contributed by atoms with Crippen LogP contribution >= 0.6 is 0 Å². The Balaban J connectivity index is 1.53. The summed E-state index contributed by atoms with van der Waals surface area (Å²) >= 11 is 0. The van der Waals surface area contributed by atoms with E-state index in [1.165, 1.54) is 17.0 Å². The molecule has 0 aliphatic carbocycles. The molecule has 1 aliphatic rings. The molecule has 1 saturated heterocycles. The minimum atomic E-state index is -0.985. The standard InChI is InChI=1S/C22H29N3O3/c1-17(2)19-14-21(27)25(16-23-19)15-22(28)10-12-24(13-11-22)20(26)9-8-18-6-4-3-5-7-18/h3-7,14,16-17,28H,8-13,15H2,1-2H3. The number of likely N-dealkylation sites (tertiary alicyclic amines) is 1. The Morgan fingerprint density at radius 2 is 1.89 bits per heavy atom. The van der Waals surface area contributed by atoms with E-state index >= 15 is 0 Å². The lowest BCUT2D eigenvalue weighted by atomic mass is 9.91. The average molecular weight is 383 g/mol. The zero-order valence-electron chi connectivity index (χ0n) is 16.7. The number of hydrogen-bond acceptors (Lipinski definition) is 4. The molecule has 1 fully saturated rings. The van der Waals surface area contributed by atoms with Gasteiger partial charge in [0.25, 0.3) is 5.56 Å². The van der Waals surface area contributed by atoms with Crippen molar-refractivity contribution in [2.24, 2.45) is 0 Å². The molecule has 2 aromatic rings. The smallest absolute Gasteiger partial charge is 0.253 e. The number of aliphatic hydroxyl groups is 1. The van der Waals surface area contributed by atoms with Crippen LogP contribution in [0.4, 0.5) is 0 Å². The van der Waals surface area contributed by atoms with Gasteiger partial charge in [-0.05, 0) is 30.7 Å². The van der Waals surface area contributed by atoms with Crippen LogP contribution in [0.1, 0.15) is 50.3 Å². The fourth-order valence-electron chi connectivity index (χ4n) is 3.58. The molecule has 0 bridgehead atoms. The SMILES string of the molecule is CC(C)c1cc(=O)n(CC2(O)CCN(C(=O)CCc3ccccc3)CC2)cn1. The first kappa shape index (κ1) is 20.3. The van der Waals surface area contributed by atoms with Gasteiger partial charge < -0.3 is 10.0 Å². The number of piperidine rings is 1. The second-order valence-electron chi connectivity index (χ2n) is 8.03. The molecule has 1 amide bonds. The number of aryl methyl sites for hydroxylation is 1. The maximum atomic E-state index is 12.5. The summed E-state index contributed by atoms with van der Waals surface area (Å²) in [5.41, 5.74) is 0.780. The third kappa shape index (κ3) is 5.07. The van der Waals surface area contributed by atoms with Crippen molar-refractivity contribution < 1.29 is 9.90 Å². The van der Waals surface area contributed by atoms with Gasteiger partial charge in [-0.15, -0.1) is 0 Å². The first-order valence-electron chi connectivity index (χ1n) is 9.97. The van der Waals surface area contributed by atoms with E-state index in [1.54, 1.807) is 0 Å². The van der Waals surface area contributed by atoms with Crippen LogP contribution in [0.25, 0.3) is 0 Å². The molecule has 1 N–H and O–H groups in total. The summed E-state index contributed by atoms with van der Waals surface area (Å²) in [6.07, 6.45) is 3.64. The summed E-state index contributed by atoms with van der Waals surface area (Å²) in [5, 5.41) is 10.9. The number of rotatable bonds is 6. The maximum Gasteiger partial charge on any atom is 0.253 e. The molecule has 1 aromatic heterocycles. The molecule has 1 aliphatic heterocycles. The second kappa shape index (κ2) is 8.69. The van der Waals surface area contributed by atoms with Crippen molar-refractivity contribution in [2.75, 3.05) is 13.1 Å². The number of amides is 1. The molecule has 6 heteroatoms. The second-order valence-corrected chi connectivity index (χ2v) is 8.03. The molecule has 150 valence electrons. The van der Waals surface area contributed by atoms with Crippen molar-refractivity contribution in [3.8, 4) is 0 Å². The summed E-state index contributed by atoms with van der Waals surface area (Å²) in [4.78, 5) is 30.9. The highest BCUT2D eigenvalue weighted by Crippen LogP contribution is 2.24.